The monoisotopic (exact) mass is 241 g/mol. The Kier molecular flexibility index (Phi) is 3.17. The van der Waals surface area contributed by atoms with Crippen molar-refractivity contribution in [2.75, 3.05) is 7.11 Å². The first-order chi connectivity index (χ1) is 8.58. The van der Waals surface area contributed by atoms with Crippen LogP contribution in [0.5, 0.6) is 0 Å². The maximum absolute atomic E-state index is 9.08. The Morgan fingerprint density at radius 1 is 1.28 bits per heavy atom. The molecule has 1 aromatic carbocycles. The minimum absolute atomic E-state index is 0.438. The SMILES string of the molecule is COC(C)(C)c1ccn(-c2ccccc2C#N)n1. The Morgan fingerprint density at radius 2 is 2.00 bits per heavy atom. The summed E-state index contributed by atoms with van der Waals surface area (Å²) in [6, 6.07) is 11.4. The van der Waals surface area contributed by atoms with E-state index in [1.54, 1.807) is 17.9 Å². The van der Waals surface area contributed by atoms with Crippen molar-refractivity contribution in [1.29, 1.82) is 5.26 Å². The van der Waals surface area contributed by atoms with E-state index in [4.69, 9.17) is 10.00 Å². The van der Waals surface area contributed by atoms with Crippen LogP contribution < -0.4 is 0 Å². The molecule has 0 bridgehead atoms. The van der Waals surface area contributed by atoms with Crippen molar-refractivity contribution in [1.82, 2.24) is 9.78 Å². The van der Waals surface area contributed by atoms with Gasteiger partial charge in [-0.15, -0.1) is 0 Å². The minimum atomic E-state index is -0.438. The molecule has 1 heterocycles. The summed E-state index contributed by atoms with van der Waals surface area (Å²) in [5, 5.41) is 13.5. The first kappa shape index (κ1) is 12.3. The molecule has 0 atom stereocenters. The fraction of sp³-hybridized carbons (Fsp3) is 0.286. The van der Waals surface area contributed by atoms with Gasteiger partial charge in [-0.3, -0.25) is 0 Å². The minimum Gasteiger partial charge on any atom is -0.372 e. The lowest BCUT2D eigenvalue weighted by Gasteiger charge is -2.19. The number of hydrogen-bond acceptors (Lipinski definition) is 3. The van der Waals surface area contributed by atoms with Gasteiger partial charge in [0.05, 0.1) is 16.9 Å². The van der Waals surface area contributed by atoms with Gasteiger partial charge in [0.1, 0.15) is 11.7 Å². The number of ether oxygens (including phenoxy) is 1. The van der Waals surface area contributed by atoms with E-state index in [1.807, 2.05) is 44.3 Å². The summed E-state index contributed by atoms with van der Waals surface area (Å²) in [5.74, 6) is 0. The highest BCUT2D eigenvalue weighted by atomic mass is 16.5. The van der Waals surface area contributed by atoms with Crippen LogP contribution in [-0.2, 0) is 10.3 Å². The maximum Gasteiger partial charge on any atom is 0.106 e. The van der Waals surface area contributed by atoms with Crippen molar-refractivity contribution in [3.63, 3.8) is 0 Å². The second-order valence-electron chi connectivity index (χ2n) is 4.49. The molecule has 92 valence electrons. The average Bonchev–Trinajstić information content (AvgIpc) is 2.89. The van der Waals surface area contributed by atoms with E-state index in [2.05, 4.69) is 11.2 Å². The second kappa shape index (κ2) is 4.63. The molecule has 0 spiro atoms. The zero-order valence-corrected chi connectivity index (χ0v) is 10.7. The molecular formula is C14H15N3O. The molecule has 0 aliphatic heterocycles. The Labute approximate surface area is 106 Å². The van der Waals surface area contributed by atoms with Gasteiger partial charge in [0.2, 0.25) is 0 Å². The molecule has 2 aromatic rings. The molecule has 0 radical (unpaired) electrons. The smallest absolute Gasteiger partial charge is 0.106 e. The number of hydrogen-bond donors (Lipinski definition) is 0. The topological polar surface area (TPSA) is 50.8 Å². The molecule has 0 N–H and O–H groups in total. The Bertz CT molecular complexity index is 593. The van der Waals surface area contributed by atoms with E-state index in [1.165, 1.54) is 0 Å². The summed E-state index contributed by atoms with van der Waals surface area (Å²) >= 11 is 0. The molecule has 0 fully saturated rings. The summed E-state index contributed by atoms with van der Waals surface area (Å²) in [4.78, 5) is 0. The summed E-state index contributed by atoms with van der Waals surface area (Å²) in [5.41, 5.74) is 1.77. The molecule has 0 saturated heterocycles. The highest BCUT2D eigenvalue weighted by Crippen LogP contribution is 2.23. The first-order valence-corrected chi connectivity index (χ1v) is 5.69. The molecule has 0 saturated carbocycles. The second-order valence-corrected chi connectivity index (χ2v) is 4.49. The standard InChI is InChI=1S/C14H15N3O/c1-14(2,18-3)13-8-9-17(16-13)12-7-5-4-6-11(12)10-15/h4-9H,1-3H3. The van der Waals surface area contributed by atoms with Gasteiger partial charge in [-0.05, 0) is 32.0 Å². The molecule has 4 heteroatoms. The molecule has 4 nitrogen and oxygen atoms in total. The van der Waals surface area contributed by atoms with Crippen LogP contribution >= 0.6 is 0 Å². The van der Waals surface area contributed by atoms with Gasteiger partial charge in [0.15, 0.2) is 0 Å². The van der Waals surface area contributed by atoms with Crippen molar-refractivity contribution in [3.05, 3.63) is 47.8 Å². The van der Waals surface area contributed by atoms with Gasteiger partial charge in [0, 0.05) is 13.3 Å². The van der Waals surface area contributed by atoms with Gasteiger partial charge >= 0.3 is 0 Å². The van der Waals surface area contributed by atoms with Crippen LogP contribution in [0.3, 0.4) is 0 Å². The maximum atomic E-state index is 9.08. The van der Waals surface area contributed by atoms with Crippen LogP contribution in [0.2, 0.25) is 0 Å². The number of methoxy groups -OCH3 is 1. The van der Waals surface area contributed by atoms with Gasteiger partial charge in [-0.25, -0.2) is 4.68 Å². The highest BCUT2D eigenvalue weighted by Gasteiger charge is 2.22. The molecule has 0 amide bonds. The lowest BCUT2D eigenvalue weighted by molar-refractivity contribution is 0.0152. The van der Waals surface area contributed by atoms with Crippen molar-refractivity contribution < 1.29 is 4.74 Å². The largest absolute Gasteiger partial charge is 0.372 e. The Morgan fingerprint density at radius 3 is 2.67 bits per heavy atom. The van der Waals surface area contributed by atoms with Crippen LogP contribution in [0.4, 0.5) is 0 Å². The molecule has 2 rings (SSSR count). The molecule has 18 heavy (non-hydrogen) atoms. The Balaban J connectivity index is 2.45. The highest BCUT2D eigenvalue weighted by molar-refractivity contribution is 5.48. The van der Waals surface area contributed by atoms with E-state index in [-0.39, 0.29) is 0 Å². The predicted octanol–water partition coefficient (Wildman–Crippen LogP) is 2.63. The van der Waals surface area contributed by atoms with Crippen molar-refractivity contribution >= 4 is 0 Å². The van der Waals surface area contributed by atoms with E-state index in [0.29, 0.717) is 5.56 Å². The van der Waals surface area contributed by atoms with Crippen molar-refractivity contribution in [3.8, 4) is 11.8 Å². The van der Waals surface area contributed by atoms with Gasteiger partial charge in [0.25, 0.3) is 0 Å². The lowest BCUT2D eigenvalue weighted by Crippen LogP contribution is -2.20. The van der Waals surface area contributed by atoms with Crippen LogP contribution in [0.1, 0.15) is 25.1 Å². The third-order valence-corrected chi connectivity index (χ3v) is 2.99. The van der Waals surface area contributed by atoms with Gasteiger partial charge in [-0.1, -0.05) is 12.1 Å². The van der Waals surface area contributed by atoms with Gasteiger partial charge in [-0.2, -0.15) is 10.4 Å². The zero-order valence-electron chi connectivity index (χ0n) is 10.7. The summed E-state index contributed by atoms with van der Waals surface area (Å²) in [6.45, 7) is 3.91. The van der Waals surface area contributed by atoms with Gasteiger partial charge < -0.3 is 4.74 Å². The Hall–Kier alpha value is -2.12. The number of para-hydroxylation sites is 1. The predicted molar refractivity (Wildman–Crippen MR) is 68.3 cm³/mol. The van der Waals surface area contributed by atoms with Crippen LogP contribution in [0.15, 0.2) is 36.5 Å². The van der Waals surface area contributed by atoms with Crippen LogP contribution in [-0.4, -0.2) is 16.9 Å². The first-order valence-electron chi connectivity index (χ1n) is 5.69. The number of aromatic nitrogens is 2. The number of nitrogens with zero attached hydrogens (tertiary/aromatic N) is 3. The molecular weight excluding hydrogens is 226 g/mol. The quantitative estimate of drug-likeness (QED) is 0.830. The average molecular weight is 241 g/mol. The summed E-state index contributed by atoms with van der Waals surface area (Å²) in [6.07, 6.45) is 1.84. The molecule has 0 unspecified atom stereocenters. The zero-order chi connectivity index (χ0) is 13.2. The van der Waals surface area contributed by atoms with E-state index < -0.39 is 5.60 Å². The summed E-state index contributed by atoms with van der Waals surface area (Å²) < 4.78 is 7.09. The molecule has 0 aliphatic carbocycles. The normalized spacial score (nSPS) is 11.2. The van der Waals surface area contributed by atoms with Crippen LogP contribution in [0.25, 0.3) is 5.69 Å². The molecule has 0 aliphatic rings. The van der Waals surface area contributed by atoms with E-state index in [9.17, 15) is 0 Å². The number of nitriles is 1. The van der Waals surface area contributed by atoms with Crippen molar-refractivity contribution in [2.45, 2.75) is 19.4 Å². The number of benzene rings is 1. The fourth-order valence-corrected chi connectivity index (χ4v) is 1.65. The molecule has 1 aromatic heterocycles. The lowest BCUT2D eigenvalue weighted by atomic mass is 10.1. The third-order valence-electron chi connectivity index (χ3n) is 2.99. The van der Waals surface area contributed by atoms with Crippen molar-refractivity contribution in [2.24, 2.45) is 0 Å². The fourth-order valence-electron chi connectivity index (χ4n) is 1.65. The number of rotatable bonds is 3. The third kappa shape index (κ3) is 2.13. The summed E-state index contributed by atoms with van der Waals surface area (Å²) in [7, 11) is 1.66. The van der Waals surface area contributed by atoms with E-state index >= 15 is 0 Å². The van der Waals surface area contributed by atoms with Crippen LogP contribution in [0, 0.1) is 11.3 Å². The van der Waals surface area contributed by atoms with E-state index in [0.717, 1.165) is 11.4 Å².